The highest BCUT2D eigenvalue weighted by Crippen LogP contribution is 2.24. The van der Waals surface area contributed by atoms with E-state index in [1.165, 1.54) is 25.3 Å². The smallest absolute Gasteiger partial charge is 0.256 e. The summed E-state index contributed by atoms with van der Waals surface area (Å²) in [5.41, 5.74) is 0.435. The van der Waals surface area contributed by atoms with Gasteiger partial charge in [0.15, 0.2) is 0 Å². The van der Waals surface area contributed by atoms with Crippen LogP contribution in [0, 0.1) is 11.7 Å². The number of nitrogens with one attached hydrogen (secondary N) is 2. The van der Waals surface area contributed by atoms with Crippen LogP contribution in [-0.2, 0) is 9.53 Å². The van der Waals surface area contributed by atoms with Gasteiger partial charge in [0.05, 0.1) is 19.3 Å². The lowest BCUT2D eigenvalue weighted by Crippen LogP contribution is -2.54. The van der Waals surface area contributed by atoms with E-state index in [9.17, 15) is 18.8 Å². The van der Waals surface area contributed by atoms with Gasteiger partial charge in [-0.1, -0.05) is 12.1 Å². The van der Waals surface area contributed by atoms with Gasteiger partial charge in [-0.25, -0.2) is 4.39 Å². The van der Waals surface area contributed by atoms with E-state index < -0.39 is 11.9 Å². The Morgan fingerprint density at radius 2 is 1.74 bits per heavy atom. The van der Waals surface area contributed by atoms with Crippen molar-refractivity contribution in [3.63, 3.8) is 0 Å². The molecular weight excluding hydrogens is 441 g/mol. The number of likely N-dealkylation sites (tertiary alicyclic amines) is 1. The molecule has 0 bridgehead atoms. The molecule has 1 aliphatic rings. The first-order valence-corrected chi connectivity index (χ1v) is 11.2. The predicted octanol–water partition coefficient (Wildman–Crippen LogP) is 2.25. The fourth-order valence-corrected chi connectivity index (χ4v) is 3.99. The van der Waals surface area contributed by atoms with Crippen molar-refractivity contribution in [2.75, 3.05) is 40.5 Å². The third kappa shape index (κ3) is 6.32. The second kappa shape index (κ2) is 12.1. The number of ether oxygens (including phenoxy) is 2. The van der Waals surface area contributed by atoms with Crippen LogP contribution in [0.5, 0.6) is 5.75 Å². The quantitative estimate of drug-likeness (QED) is 0.547. The fourth-order valence-electron chi connectivity index (χ4n) is 3.99. The van der Waals surface area contributed by atoms with Crippen molar-refractivity contribution in [2.24, 2.45) is 5.92 Å². The number of methoxy groups -OCH3 is 2. The molecule has 182 valence electrons. The Labute approximate surface area is 198 Å². The zero-order valence-electron chi connectivity index (χ0n) is 19.4. The maximum Gasteiger partial charge on any atom is 0.256 e. The maximum atomic E-state index is 14.0. The summed E-state index contributed by atoms with van der Waals surface area (Å²) in [6.45, 7) is 1.38. The van der Waals surface area contributed by atoms with E-state index in [4.69, 9.17) is 9.47 Å². The van der Waals surface area contributed by atoms with E-state index in [0.29, 0.717) is 50.4 Å². The average molecular weight is 472 g/mol. The minimum atomic E-state index is -0.780. The summed E-state index contributed by atoms with van der Waals surface area (Å²) in [5, 5.41) is 5.65. The van der Waals surface area contributed by atoms with Gasteiger partial charge >= 0.3 is 0 Å². The van der Waals surface area contributed by atoms with Crippen LogP contribution in [0.2, 0.25) is 0 Å². The van der Waals surface area contributed by atoms with E-state index in [2.05, 4.69) is 10.6 Å². The number of hydrogen-bond donors (Lipinski definition) is 2. The third-order valence-corrected chi connectivity index (χ3v) is 5.93. The first-order chi connectivity index (χ1) is 16.4. The van der Waals surface area contributed by atoms with Crippen LogP contribution in [-0.4, -0.2) is 69.1 Å². The highest BCUT2D eigenvalue weighted by atomic mass is 19.1. The highest BCUT2D eigenvalue weighted by molar-refractivity contribution is 5.98. The van der Waals surface area contributed by atoms with Crippen LogP contribution >= 0.6 is 0 Å². The number of halogens is 1. The van der Waals surface area contributed by atoms with Gasteiger partial charge in [-0.15, -0.1) is 0 Å². The largest absolute Gasteiger partial charge is 0.497 e. The predicted molar refractivity (Wildman–Crippen MR) is 124 cm³/mol. The van der Waals surface area contributed by atoms with Crippen molar-refractivity contribution in [1.82, 2.24) is 15.5 Å². The molecule has 1 atom stereocenters. The van der Waals surface area contributed by atoms with Crippen LogP contribution in [0.25, 0.3) is 0 Å². The van der Waals surface area contributed by atoms with Crippen LogP contribution in [0.15, 0.2) is 48.5 Å². The van der Waals surface area contributed by atoms with Crippen molar-refractivity contribution in [3.8, 4) is 5.75 Å². The van der Waals surface area contributed by atoms with Gasteiger partial charge in [0, 0.05) is 32.3 Å². The number of nitrogens with zero attached hydrogens (tertiary/aromatic N) is 1. The molecule has 3 rings (SSSR count). The van der Waals surface area contributed by atoms with Gasteiger partial charge < -0.3 is 25.0 Å². The first-order valence-electron chi connectivity index (χ1n) is 11.2. The van der Waals surface area contributed by atoms with Gasteiger partial charge in [0.25, 0.3) is 11.8 Å². The molecule has 8 nitrogen and oxygen atoms in total. The van der Waals surface area contributed by atoms with Crippen molar-refractivity contribution in [3.05, 3.63) is 65.5 Å². The number of rotatable bonds is 9. The molecule has 0 aromatic heterocycles. The Morgan fingerprint density at radius 3 is 2.35 bits per heavy atom. The number of hydrogen-bond acceptors (Lipinski definition) is 5. The van der Waals surface area contributed by atoms with Gasteiger partial charge in [0.1, 0.15) is 17.6 Å². The molecule has 1 aliphatic heterocycles. The zero-order chi connectivity index (χ0) is 24.5. The minimum Gasteiger partial charge on any atom is -0.497 e. The maximum absolute atomic E-state index is 14.0. The second-order valence-corrected chi connectivity index (χ2v) is 8.07. The number of carbonyl (C=O) groups excluding carboxylic acids is 3. The number of piperidine rings is 1. The Balaban J connectivity index is 1.68. The molecular formula is C25H30FN3O5. The summed E-state index contributed by atoms with van der Waals surface area (Å²) < 4.78 is 24.2. The van der Waals surface area contributed by atoms with Crippen molar-refractivity contribution in [1.29, 1.82) is 0 Å². The molecule has 2 aromatic rings. The van der Waals surface area contributed by atoms with Gasteiger partial charge in [-0.05, 0) is 55.2 Å². The average Bonchev–Trinajstić information content (AvgIpc) is 2.87. The Kier molecular flexibility index (Phi) is 8.98. The van der Waals surface area contributed by atoms with E-state index >= 15 is 0 Å². The monoisotopic (exact) mass is 471 g/mol. The molecule has 3 amide bonds. The summed E-state index contributed by atoms with van der Waals surface area (Å²) in [4.78, 5) is 40.1. The molecule has 0 saturated carbocycles. The summed E-state index contributed by atoms with van der Waals surface area (Å²) in [5.74, 6) is -1.18. The van der Waals surface area contributed by atoms with Crippen LogP contribution in [0.1, 0.15) is 33.6 Å². The fraction of sp³-hybridized carbons (Fsp3) is 0.400. The Bertz CT molecular complexity index is 990. The van der Waals surface area contributed by atoms with Crippen molar-refractivity contribution in [2.45, 2.75) is 18.9 Å². The molecule has 0 spiro atoms. The molecule has 2 N–H and O–H groups in total. The molecule has 2 aromatic carbocycles. The van der Waals surface area contributed by atoms with Gasteiger partial charge in [0.2, 0.25) is 5.91 Å². The SMILES string of the molecule is COCCNC(=O)[C@H](NC(=O)c1ccc(OC)cc1)C1CCN(C(=O)c2ccccc2F)CC1. The molecule has 0 unspecified atom stereocenters. The Hall–Kier alpha value is -3.46. The molecule has 1 fully saturated rings. The molecule has 1 saturated heterocycles. The lowest BCUT2D eigenvalue weighted by atomic mass is 9.88. The Morgan fingerprint density at radius 1 is 1.06 bits per heavy atom. The number of benzene rings is 2. The molecule has 9 heteroatoms. The lowest BCUT2D eigenvalue weighted by Gasteiger charge is -2.36. The standard InChI is InChI=1S/C25H30FN3O5/c1-33-16-13-27-24(31)22(28-23(30)18-7-9-19(34-2)10-8-18)17-11-14-29(15-12-17)25(32)20-5-3-4-6-21(20)26/h3-10,17,22H,11-16H2,1-2H3,(H,27,31)(H,28,30)/t22-/m1/s1. The third-order valence-electron chi connectivity index (χ3n) is 5.93. The van der Waals surface area contributed by atoms with Crippen molar-refractivity contribution < 1.29 is 28.2 Å². The molecule has 34 heavy (non-hydrogen) atoms. The molecule has 0 aliphatic carbocycles. The van der Waals surface area contributed by atoms with Crippen LogP contribution in [0.3, 0.4) is 0 Å². The summed E-state index contributed by atoms with van der Waals surface area (Å²) in [7, 11) is 3.08. The van der Waals surface area contributed by atoms with E-state index in [-0.39, 0.29) is 29.2 Å². The van der Waals surface area contributed by atoms with E-state index in [1.54, 1.807) is 42.3 Å². The molecule has 1 heterocycles. The van der Waals surface area contributed by atoms with Crippen molar-refractivity contribution >= 4 is 17.7 Å². The number of carbonyl (C=O) groups is 3. The van der Waals surface area contributed by atoms with E-state index in [0.717, 1.165) is 0 Å². The van der Waals surface area contributed by atoms with Crippen LogP contribution < -0.4 is 15.4 Å². The lowest BCUT2D eigenvalue weighted by molar-refractivity contribution is -0.124. The number of amides is 3. The summed E-state index contributed by atoms with van der Waals surface area (Å²) in [6, 6.07) is 11.7. The minimum absolute atomic E-state index is 0.0302. The highest BCUT2D eigenvalue weighted by Gasteiger charge is 2.34. The summed E-state index contributed by atoms with van der Waals surface area (Å²) in [6.07, 6.45) is 0.983. The van der Waals surface area contributed by atoms with Gasteiger partial charge in [-0.2, -0.15) is 0 Å². The second-order valence-electron chi connectivity index (χ2n) is 8.07. The van der Waals surface area contributed by atoms with E-state index in [1.807, 2.05) is 0 Å². The van der Waals surface area contributed by atoms with Crippen LogP contribution in [0.4, 0.5) is 4.39 Å². The topological polar surface area (TPSA) is 97.0 Å². The normalized spacial score (nSPS) is 14.9. The van der Waals surface area contributed by atoms with Gasteiger partial charge in [-0.3, -0.25) is 14.4 Å². The molecule has 0 radical (unpaired) electrons. The first kappa shape index (κ1) is 25.2. The summed E-state index contributed by atoms with van der Waals surface area (Å²) >= 11 is 0. The zero-order valence-corrected chi connectivity index (χ0v) is 19.4.